The number of likely N-dealkylation sites (tertiary alicyclic amines) is 1. The Morgan fingerprint density at radius 3 is 2.95 bits per heavy atom. The van der Waals surface area contributed by atoms with Gasteiger partial charge in [0.1, 0.15) is 4.90 Å². The normalized spacial score (nSPS) is 24.3. The summed E-state index contributed by atoms with van der Waals surface area (Å²) in [5.74, 6) is 0.297. The molecule has 1 saturated heterocycles. The minimum atomic E-state index is -3.50. The van der Waals surface area contributed by atoms with Gasteiger partial charge in [0.25, 0.3) is 0 Å². The van der Waals surface area contributed by atoms with Crippen molar-refractivity contribution in [2.75, 3.05) is 26.7 Å². The van der Waals surface area contributed by atoms with Gasteiger partial charge in [-0.15, -0.1) is 0 Å². The molecule has 0 aromatic carbocycles. The molecule has 120 valence electrons. The lowest BCUT2D eigenvalue weighted by Gasteiger charge is -2.34. The minimum absolute atomic E-state index is 0.0152. The van der Waals surface area contributed by atoms with E-state index in [-0.39, 0.29) is 10.9 Å². The summed E-state index contributed by atoms with van der Waals surface area (Å²) in [6.07, 6.45) is 4.58. The highest BCUT2D eigenvalue weighted by Gasteiger charge is 2.29. The number of sulfonamides is 1. The highest BCUT2D eigenvalue weighted by molar-refractivity contribution is 7.89. The van der Waals surface area contributed by atoms with Gasteiger partial charge in [0.15, 0.2) is 0 Å². The van der Waals surface area contributed by atoms with Crippen LogP contribution in [0.4, 0.5) is 0 Å². The molecule has 0 aliphatic carbocycles. The fourth-order valence-electron chi connectivity index (χ4n) is 2.66. The maximum Gasteiger partial charge on any atom is 0.243 e. The van der Waals surface area contributed by atoms with Crippen LogP contribution in [0.5, 0.6) is 0 Å². The Bertz CT molecular complexity index is 557. The van der Waals surface area contributed by atoms with Gasteiger partial charge in [-0.3, -0.25) is 4.68 Å². The topological polar surface area (TPSA) is 93.2 Å². The van der Waals surface area contributed by atoms with Crippen molar-refractivity contribution in [3.63, 3.8) is 0 Å². The number of aryl methyl sites for hydroxylation is 1. The summed E-state index contributed by atoms with van der Waals surface area (Å²) in [4.78, 5) is 2.45. The predicted molar refractivity (Wildman–Crippen MR) is 81.3 cm³/mol. The number of nitrogens with zero attached hydrogens (tertiary/aromatic N) is 3. The second-order valence-electron chi connectivity index (χ2n) is 5.84. The van der Waals surface area contributed by atoms with Gasteiger partial charge in [-0.2, -0.15) is 5.10 Å². The largest absolute Gasteiger partial charge is 0.330 e. The molecule has 0 spiro atoms. The second kappa shape index (κ2) is 6.87. The first-order valence-electron chi connectivity index (χ1n) is 7.36. The molecule has 2 heterocycles. The molecule has 2 atom stereocenters. The van der Waals surface area contributed by atoms with Crippen molar-refractivity contribution in [2.45, 2.75) is 37.2 Å². The smallest absolute Gasteiger partial charge is 0.243 e. The van der Waals surface area contributed by atoms with Gasteiger partial charge < -0.3 is 10.6 Å². The van der Waals surface area contributed by atoms with E-state index in [4.69, 9.17) is 5.73 Å². The van der Waals surface area contributed by atoms with Crippen LogP contribution in [0.15, 0.2) is 17.3 Å². The number of nitrogens with one attached hydrogen (secondary N) is 1. The average Bonchev–Trinajstić information content (AvgIpc) is 2.89. The average molecular weight is 315 g/mol. The van der Waals surface area contributed by atoms with E-state index in [1.165, 1.54) is 6.20 Å². The maximum atomic E-state index is 12.4. The van der Waals surface area contributed by atoms with Crippen molar-refractivity contribution in [3.05, 3.63) is 12.4 Å². The van der Waals surface area contributed by atoms with Gasteiger partial charge in [0.2, 0.25) is 10.0 Å². The molecule has 3 N–H and O–H groups in total. The van der Waals surface area contributed by atoms with Crippen molar-refractivity contribution in [2.24, 2.45) is 11.7 Å². The van der Waals surface area contributed by atoms with Gasteiger partial charge in [-0.05, 0) is 38.9 Å². The minimum Gasteiger partial charge on any atom is -0.330 e. The van der Waals surface area contributed by atoms with Crippen LogP contribution in [0.3, 0.4) is 0 Å². The molecule has 0 bridgehead atoms. The Balaban J connectivity index is 2.02. The van der Waals surface area contributed by atoms with E-state index >= 15 is 0 Å². The van der Waals surface area contributed by atoms with Gasteiger partial charge in [0, 0.05) is 25.3 Å². The number of hydrogen-bond acceptors (Lipinski definition) is 5. The summed E-state index contributed by atoms with van der Waals surface area (Å²) >= 11 is 0. The van der Waals surface area contributed by atoms with Crippen LogP contribution in [-0.4, -0.2) is 55.8 Å². The zero-order valence-electron chi connectivity index (χ0n) is 12.7. The van der Waals surface area contributed by atoms with E-state index in [0.717, 1.165) is 25.9 Å². The molecule has 0 amide bonds. The molecule has 0 radical (unpaired) electrons. The standard InChI is InChI=1S/C13H25N5O2S/c1-11-9-17(2)7-4-13(11)16-21(19,20)12-8-15-18(10-12)6-3-5-14/h8,10-11,13,16H,3-7,9,14H2,1-2H3. The molecule has 1 aromatic rings. The zero-order valence-corrected chi connectivity index (χ0v) is 13.5. The van der Waals surface area contributed by atoms with Crippen molar-refractivity contribution in [1.29, 1.82) is 0 Å². The first kappa shape index (κ1) is 16.4. The van der Waals surface area contributed by atoms with Crippen molar-refractivity contribution in [1.82, 2.24) is 19.4 Å². The molecule has 7 nitrogen and oxygen atoms in total. The van der Waals surface area contributed by atoms with Gasteiger partial charge in [-0.1, -0.05) is 6.92 Å². The quantitative estimate of drug-likeness (QED) is 0.761. The Morgan fingerprint density at radius 1 is 1.52 bits per heavy atom. The van der Waals surface area contributed by atoms with Crippen LogP contribution in [0, 0.1) is 5.92 Å². The van der Waals surface area contributed by atoms with Crippen molar-refractivity contribution >= 4 is 10.0 Å². The van der Waals surface area contributed by atoms with Crippen LogP contribution in [0.25, 0.3) is 0 Å². The van der Waals surface area contributed by atoms with Gasteiger partial charge in [0.05, 0.1) is 6.20 Å². The maximum absolute atomic E-state index is 12.4. The van der Waals surface area contributed by atoms with Crippen LogP contribution in [-0.2, 0) is 16.6 Å². The van der Waals surface area contributed by atoms with E-state index in [1.807, 2.05) is 0 Å². The third-order valence-corrected chi connectivity index (χ3v) is 5.37. The zero-order chi connectivity index (χ0) is 15.5. The SMILES string of the molecule is CC1CN(C)CCC1NS(=O)(=O)c1cnn(CCCN)c1. The van der Waals surface area contributed by atoms with E-state index in [0.29, 0.717) is 19.0 Å². The predicted octanol–water partition coefficient (Wildman–Crippen LogP) is -0.150. The first-order chi connectivity index (χ1) is 9.92. The van der Waals surface area contributed by atoms with Gasteiger partial charge in [-0.25, -0.2) is 13.1 Å². The number of aromatic nitrogens is 2. The van der Waals surface area contributed by atoms with Crippen LogP contribution in [0.2, 0.25) is 0 Å². The molecular weight excluding hydrogens is 290 g/mol. The van der Waals surface area contributed by atoms with Crippen LogP contribution >= 0.6 is 0 Å². The molecule has 1 fully saturated rings. The van der Waals surface area contributed by atoms with E-state index in [9.17, 15) is 8.42 Å². The highest BCUT2D eigenvalue weighted by Crippen LogP contribution is 2.18. The fourth-order valence-corrected chi connectivity index (χ4v) is 3.99. The Labute approximate surface area is 126 Å². The Hall–Kier alpha value is -0.960. The molecule has 2 unspecified atom stereocenters. The highest BCUT2D eigenvalue weighted by atomic mass is 32.2. The third-order valence-electron chi connectivity index (χ3n) is 3.93. The Morgan fingerprint density at radius 2 is 2.29 bits per heavy atom. The molecule has 1 aliphatic rings. The molecule has 8 heteroatoms. The van der Waals surface area contributed by atoms with E-state index in [2.05, 4.69) is 28.7 Å². The first-order valence-corrected chi connectivity index (χ1v) is 8.84. The summed E-state index contributed by atoms with van der Waals surface area (Å²) in [7, 11) is -1.44. The molecule has 21 heavy (non-hydrogen) atoms. The van der Waals surface area contributed by atoms with Crippen molar-refractivity contribution in [3.8, 4) is 0 Å². The lowest BCUT2D eigenvalue weighted by atomic mass is 9.95. The summed E-state index contributed by atoms with van der Waals surface area (Å²) < 4.78 is 29.3. The lowest BCUT2D eigenvalue weighted by molar-refractivity contribution is 0.188. The molecule has 1 aliphatic heterocycles. The lowest BCUT2D eigenvalue weighted by Crippen LogP contribution is -2.48. The number of nitrogens with two attached hydrogens (primary N) is 1. The fraction of sp³-hybridized carbons (Fsp3) is 0.769. The van der Waals surface area contributed by atoms with Crippen molar-refractivity contribution < 1.29 is 8.42 Å². The Kier molecular flexibility index (Phi) is 5.37. The second-order valence-corrected chi connectivity index (χ2v) is 7.55. The van der Waals surface area contributed by atoms with E-state index in [1.54, 1.807) is 10.9 Å². The number of rotatable bonds is 6. The van der Waals surface area contributed by atoms with E-state index < -0.39 is 10.0 Å². The summed E-state index contributed by atoms with van der Waals surface area (Å²) in [5.41, 5.74) is 5.44. The van der Waals surface area contributed by atoms with Crippen LogP contribution < -0.4 is 10.5 Å². The monoisotopic (exact) mass is 315 g/mol. The van der Waals surface area contributed by atoms with Crippen LogP contribution in [0.1, 0.15) is 19.8 Å². The summed E-state index contributed by atoms with van der Waals surface area (Å²) in [6.45, 7) is 5.09. The van der Waals surface area contributed by atoms with Gasteiger partial charge >= 0.3 is 0 Å². The summed E-state index contributed by atoms with van der Waals surface area (Å²) in [6, 6.07) is -0.0152. The molecule has 1 aromatic heterocycles. The third kappa shape index (κ3) is 4.26. The molecule has 0 saturated carbocycles. The number of hydrogen-bond donors (Lipinski definition) is 2. The molecular formula is C13H25N5O2S. The molecule has 2 rings (SSSR count). The number of piperidine rings is 1. The summed E-state index contributed by atoms with van der Waals surface area (Å²) in [5, 5.41) is 4.08.